The first-order chi connectivity index (χ1) is 10.8. The second kappa shape index (κ2) is 5.27. The maximum atomic E-state index is 6.13. The predicted molar refractivity (Wildman–Crippen MR) is 85.4 cm³/mol. The SMILES string of the molecule is Clc1cccc([C@H]2C=C(c3cccnc3)Nc3ncnn32)c1. The molecule has 0 amide bonds. The lowest BCUT2D eigenvalue weighted by Gasteiger charge is -2.24. The van der Waals surface area contributed by atoms with Gasteiger partial charge in [0, 0.05) is 28.7 Å². The largest absolute Gasteiger partial charge is 0.324 e. The molecule has 5 nitrogen and oxygen atoms in total. The van der Waals surface area contributed by atoms with Gasteiger partial charge in [0.25, 0.3) is 0 Å². The zero-order chi connectivity index (χ0) is 14.9. The highest BCUT2D eigenvalue weighted by Gasteiger charge is 2.23. The normalized spacial score (nSPS) is 16.6. The number of aromatic nitrogens is 4. The fourth-order valence-corrected chi connectivity index (χ4v) is 2.75. The Morgan fingerprint density at radius 2 is 2.14 bits per heavy atom. The summed E-state index contributed by atoms with van der Waals surface area (Å²) < 4.78 is 1.84. The van der Waals surface area contributed by atoms with E-state index in [9.17, 15) is 0 Å². The summed E-state index contributed by atoms with van der Waals surface area (Å²) in [5, 5.41) is 8.30. The molecule has 6 heteroatoms. The highest BCUT2D eigenvalue weighted by Crippen LogP contribution is 2.32. The van der Waals surface area contributed by atoms with Crippen molar-refractivity contribution in [2.75, 3.05) is 5.32 Å². The first-order valence-electron chi connectivity index (χ1n) is 6.85. The van der Waals surface area contributed by atoms with Gasteiger partial charge in [-0.15, -0.1) is 0 Å². The molecule has 1 atom stereocenters. The zero-order valence-corrected chi connectivity index (χ0v) is 12.3. The number of nitrogens with one attached hydrogen (secondary N) is 1. The van der Waals surface area contributed by atoms with Crippen LogP contribution in [0.4, 0.5) is 5.95 Å². The van der Waals surface area contributed by atoms with E-state index in [1.165, 1.54) is 0 Å². The zero-order valence-electron chi connectivity index (χ0n) is 11.5. The van der Waals surface area contributed by atoms with Gasteiger partial charge in [-0.1, -0.05) is 23.7 Å². The average Bonchev–Trinajstić information content (AvgIpc) is 3.03. The van der Waals surface area contributed by atoms with Gasteiger partial charge in [-0.3, -0.25) is 4.98 Å². The molecule has 1 aromatic carbocycles. The number of halogens is 1. The van der Waals surface area contributed by atoms with Crippen LogP contribution in [-0.4, -0.2) is 19.7 Å². The highest BCUT2D eigenvalue weighted by atomic mass is 35.5. The lowest BCUT2D eigenvalue weighted by molar-refractivity contribution is 0.612. The second-order valence-corrected chi connectivity index (χ2v) is 5.41. The summed E-state index contributed by atoms with van der Waals surface area (Å²) in [6.07, 6.45) is 7.22. The highest BCUT2D eigenvalue weighted by molar-refractivity contribution is 6.30. The van der Waals surface area contributed by atoms with Crippen molar-refractivity contribution in [1.82, 2.24) is 19.7 Å². The van der Waals surface area contributed by atoms with Crippen LogP contribution in [0, 0.1) is 0 Å². The minimum absolute atomic E-state index is 0.0624. The van der Waals surface area contributed by atoms with Crippen LogP contribution in [0.1, 0.15) is 17.2 Å². The van der Waals surface area contributed by atoms with Crippen molar-refractivity contribution < 1.29 is 0 Å². The molecule has 22 heavy (non-hydrogen) atoms. The summed E-state index contributed by atoms with van der Waals surface area (Å²) in [5.74, 6) is 0.700. The molecule has 0 unspecified atom stereocenters. The standard InChI is InChI=1S/C16H12ClN5/c17-13-5-1-3-11(7-13)15-8-14(12-4-2-6-18-9-12)21-16-19-10-20-22(15)16/h1-10,15H,(H,19,20,21)/t15-/m1/s1. The average molecular weight is 310 g/mol. The fourth-order valence-electron chi connectivity index (χ4n) is 2.55. The van der Waals surface area contributed by atoms with Gasteiger partial charge in [0.2, 0.25) is 5.95 Å². The second-order valence-electron chi connectivity index (χ2n) is 4.98. The van der Waals surface area contributed by atoms with Gasteiger partial charge in [0.05, 0.1) is 0 Å². The Bertz CT molecular complexity index is 841. The number of rotatable bonds is 2. The van der Waals surface area contributed by atoms with Crippen LogP contribution in [0.25, 0.3) is 5.70 Å². The summed E-state index contributed by atoms with van der Waals surface area (Å²) in [5.41, 5.74) is 3.02. The van der Waals surface area contributed by atoms with Crippen molar-refractivity contribution in [3.8, 4) is 0 Å². The molecule has 1 aliphatic rings. The van der Waals surface area contributed by atoms with Gasteiger partial charge in [0.1, 0.15) is 12.4 Å². The molecule has 1 N–H and O–H groups in total. The molecular weight excluding hydrogens is 298 g/mol. The fraction of sp³-hybridized carbons (Fsp3) is 0.0625. The van der Waals surface area contributed by atoms with E-state index in [2.05, 4.69) is 26.5 Å². The molecule has 0 aliphatic carbocycles. The third-order valence-corrected chi connectivity index (χ3v) is 3.81. The van der Waals surface area contributed by atoms with Crippen molar-refractivity contribution in [2.24, 2.45) is 0 Å². The molecule has 0 radical (unpaired) electrons. The van der Waals surface area contributed by atoms with Crippen LogP contribution < -0.4 is 5.32 Å². The van der Waals surface area contributed by atoms with E-state index < -0.39 is 0 Å². The van der Waals surface area contributed by atoms with E-state index in [0.29, 0.717) is 11.0 Å². The van der Waals surface area contributed by atoms with Crippen molar-refractivity contribution in [3.05, 3.63) is 77.3 Å². The third kappa shape index (κ3) is 2.25. The van der Waals surface area contributed by atoms with Gasteiger partial charge in [0.15, 0.2) is 0 Å². The van der Waals surface area contributed by atoms with Crippen molar-refractivity contribution >= 4 is 23.2 Å². The topological polar surface area (TPSA) is 55.6 Å². The number of anilines is 1. The molecule has 108 valence electrons. The van der Waals surface area contributed by atoms with Crippen molar-refractivity contribution in [3.63, 3.8) is 0 Å². The number of allylic oxidation sites excluding steroid dienone is 1. The van der Waals surface area contributed by atoms with E-state index in [1.807, 2.05) is 47.3 Å². The molecule has 2 aromatic heterocycles. The maximum absolute atomic E-state index is 6.13. The van der Waals surface area contributed by atoms with Crippen molar-refractivity contribution in [2.45, 2.75) is 6.04 Å². The number of pyridine rings is 1. The molecular formula is C16H12ClN5. The molecule has 1 aliphatic heterocycles. The lowest BCUT2D eigenvalue weighted by atomic mass is 10.0. The van der Waals surface area contributed by atoms with E-state index in [1.54, 1.807) is 12.5 Å². The first kappa shape index (κ1) is 13.0. The summed E-state index contributed by atoms with van der Waals surface area (Å²) in [7, 11) is 0. The number of benzene rings is 1. The molecule has 0 bridgehead atoms. The van der Waals surface area contributed by atoms with Crippen molar-refractivity contribution in [1.29, 1.82) is 0 Å². The Morgan fingerprint density at radius 3 is 2.95 bits per heavy atom. The Hall–Kier alpha value is -2.66. The molecule has 0 spiro atoms. The number of hydrogen-bond donors (Lipinski definition) is 1. The summed E-state index contributed by atoms with van der Waals surface area (Å²) in [4.78, 5) is 8.45. The number of fused-ring (bicyclic) bond motifs is 1. The Labute approximate surface area is 132 Å². The van der Waals surface area contributed by atoms with Crippen LogP contribution in [-0.2, 0) is 0 Å². The van der Waals surface area contributed by atoms with Gasteiger partial charge in [-0.05, 0) is 35.9 Å². The monoisotopic (exact) mass is 309 g/mol. The van der Waals surface area contributed by atoms with Crippen LogP contribution in [0.5, 0.6) is 0 Å². The number of hydrogen-bond acceptors (Lipinski definition) is 4. The summed E-state index contributed by atoms with van der Waals surface area (Å²) in [6, 6.07) is 11.6. The summed E-state index contributed by atoms with van der Waals surface area (Å²) >= 11 is 6.13. The first-order valence-corrected chi connectivity index (χ1v) is 7.23. The molecule has 0 saturated carbocycles. The Kier molecular flexibility index (Phi) is 3.12. The predicted octanol–water partition coefficient (Wildman–Crippen LogP) is 3.38. The minimum atomic E-state index is -0.0624. The minimum Gasteiger partial charge on any atom is -0.324 e. The number of nitrogens with zero attached hydrogens (tertiary/aromatic N) is 4. The molecule has 0 saturated heterocycles. The van der Waals surface area contributed by atoms with Gasteiger partial charge >= 0.3 is 0 Å². The summed E-state index contributed by atoms with van der Waals surface area (Å²) in [6.45, 7) is 0. The maximum Gasteiger partial charge on any atom is 0.226 e. The van der Waals surface area contributed by atoms with E-state index in [-0.39, 0.29) is 6.04 Å². The van der Waals surface area contributed by atoms with E-state index in [4.69, 9.17) is 11.6 Å². The molecule has 0 fully saturated rings. The lowest BCUT2D eigenvalue weighted by Crippen LogP contribution is -2.20. The van der Waals surface area contributed by atoms with Crippen LogP contribution in [0.3, 0.4) is 0 Å². The van der Waals surface area contributed by atoms with Crippen LogP contribution in [0.15, 0.2) is 61.2 Å². The quantitative estimate of drug-likeness (QED) is 0.788. The van der Waals surface area contributed by atoms with Gasteiger partial charge in [-0.2, -0.15) is 10.1 Å². The van der Waals surface area contributed by atoms with E-state index in [0.717, 1.165) is 16.8 Å². The van der Waals surface area contributed by atoms with Crippen LogP contribution in [0.2, 0.25) is 5.02 Å². The third-order valence-electron chi connectivity index (χ3n) is 3.57. The van der Waals surface area contributed by atoms with Gasteiger partial charge in [-0.25, -0.2) is 4.68 Å². The molecule has 4 rings (SSSR count). The Balaban J connectivity index is 1.83. The van der Waals surface area contributed by atoms with Gasteiger partial charge < -0.3 is 5.32 Å². The Morgan fingerprint density at radius 1 is 1.18 bits per heavy atom. The van der Waals surface area contributed by atoms with E-state index >= 15 is 0 Å². The smallest absolute Gasteiger partial charge is 0.226 e. The molecule has 3 aromatic rings. The molecule has 3 heterocycles. The van der Waals surface area contributed by atoms with Crippen LogP contribution >= 0.6 is 11.6 Å².